The zero-order valence-corrected chi connectivity index (χ0v) is 16.6. The molecule has 2 heterocycles. The number of amides is 2. The lowest BCUT2D eigenvalue weighted by atomic mass is 10.1. The maximum atomic E-state index is 13.1. The number of likely N-dealkylation sites (tertiary alicyclic amines) is 1. The molecular weight excluding hydrogens is 338 g/mol. The molecule has 1 N–H and O–H groups in total. The van der Waals surface area contributed by atoms with E-state index in [4.69, 9.17) is 0 Å². The van der Waals surface area contributed by atoms with Crippen molar-refractivity contribution in [3.8, 4) is 0 Å². The first-order valence-corrected chi connectivity index (χ1v) is 10.7. The summed E-state index contributed by atoms with van der Waals surface area (Å²) in [6.45, 7) is 5.85. The summed E-state index contributed by atoms with van der Waals surface area (Å²) >= 11 is 0. The number of benzene rings is 1. The molecule has 2 aliphatic rings. The quantitative estimate of drug-likeness (QED) is 0.688. The summed E-state index contributed by atoms with van der Waals surface area (Å²) < 4.78 is 0. The number of unbranched alkanes of at least 4 members (excludes halogenated alkanes) is 3. The van der Waals surface area contributed by atoms with Gasteiger partial charge in [0.25, 0.3) is 5.91 Å². The summed E-state index contributed by atoms with van der Waals surface area (Å²) in [5.74, 6) is 0.146. The number of carbonyl (C=O) groups excluding carboxylic acids is 2. The van der Waals surface area contributed by atoms with E-state index in [1.807, 2.05) is 23.1 Å². The van der Waals surface area contributed by atoms with E-state index in [1.54, 1.807) is 0 Å². The molecule has 0 aliphatic carbocycles. The molecule has 2 saturated heterocycles. The van der Waals surface area contributed by atoms with Crippen LogP contribution in [0.4, 0.5) is 11.4 Å². The normalized spacial score (nSPS) is 16.8. The molecule has 2 fully saturated rings. The van der Waals surface area contributed by atoms with Gasteiger partial charge in [-0.25, -0.2) is 0 Å². The van der Waals surface area contributed by atoms with Gasteiger partial charge in [-0.3, -0.25) is 9.59 Å². The minimum atomic E-state index is 0.0413. The van der Waals surface area contributed by atoms with Gasteiger partial charge in [0.15, 0.2) is 0 Å². The van der Waals surface area contributed by atoms with E-state index in [9.17, 15) is 9.59 Å². The van der Waals surface area contributed by atoms with Crippen LogP contribution >= 0.6 is 0 Å². The summed E-state index contributed by atoms with van der Waals surface area (Å²) in [7, 11) is 0. The molecule has 2 aliphatic heterocycles. The first-order valence-electron chi connectivity index (χ1n) is 10.7. The van der Waals surface area contributed by atoms with Gasteiger partial charge >= 0.3 is 0 Å². The molecule has 27 heavy (non-hydrogen) atoms. The monoisotopic (exact) mass is 371 g/mol. The lowest BCUT2D eigenvalue weighted by molar-refractivity contribution is -0.116. The Hall–Kier alpha value is -2.04. The number of nitrogens with one attached hydrogen (secondary N) is 1. The topological polar surface area (TPSA) is 52.7 Å². The Morgan fingerprint density at radius 3 is 2.37 bits per heavy atom. The van der Waals surface area contributed by atoms with Crippen LogP contribution in [0.25, 0.3) is 0 Å². The van der Waals surface area contributed by atoms with Crippen LogP contribution in [0.2, 0.25) is 0 Å². The van der Waals surface area contributed by atoms with Crippen molar-refractivity contribution in [1.82, 2.24) is 4.90 Å². The highest BCUT2D eigenvalue weighted by Gasteiger charge is 2.25. The Morgan fingerprint density at radius 1 is 0.963 bits per heavy atom. The second kappa shape index (κ2) is 9.77. The fourth-order valence-electron chi connectivity index (χ4n) is 4.05. The molecule has 0 bridgehead atoms. The Kier molecular flexibility index (Phi) is 7.13. The van der Waals surface area contributed by atoms with Crippen molar-refractivity contribution in [3.63, 3.8) is 0 Å². The third-order valence-corrected chi connectivity index (χ3v) is 5.61. The zero-order chi connectivity index (χ0) is 19.1. The maximum Gasteiger partial charge on any atom is 0.256 e. The highest BCUT2D eigenvalue weighted by Crippen LogP contribution is 2.29. The summed E-state index contributed by atoms with van der Waals surface area (Å²) in [4.78, 5) is 29.6. The fraction of sp³-hybridized carbons (Fsp3) is 0.636. The van der Waals surface area contributed by atoms with E-state index >= 15 is 0 Å². The predicted octanol–water partition coefficient (Wildman–Crippen LogP) is 4.43. The van der Waals surface area contributed by atoms with E-state index in [-0.39, 0.29) is 11.8 Å². The number of hydrogen-bond donors (Lipinski definition) is 1. The van der Waals surface area contributed by atoms with Crippen molar-refractivity contribution >= 4 is 23.2 Å². The van der Waals surface area contributed by atoms with E-state index in [1.165, 1.54) is 25.7 Å². The van der Waals surface area contributed by atoms with E-state index in [2.05, 4.69) is 17.1 Å². The van der Waals surface area contributed by atoms with Crippen LogP contribution in [0, 0.1) is 0 Å². The van der Waals surface area contributed by atoms with E-state index in [0.717, 1.165) is 68.8 Å². The van der Waals surface area contributed by atoms with Gasteiger partial charge in [-0.15, -0.1) is 0 Å². The molecule has 5 nitrogen and oxygen atoms in total. The summed E-state index contributed by atoms with van der Waals surface area (Å²) in [5.41, 5.74) is 2.49. The van der Waals surface area contributed by atoms with Gasteiger partial charge < -0.3 is 15.1 Å². The molecule has 0 saturated carbocycles. The molecule has 2 amide bonds. The zero-order valence-electron chi connectivity index (χ0n) is 16.6. The second-order valence-corrected chi connectivity index (χ2v) is 7.78. The average molecular weight is 372 g/mol. The van der Waals surface area contributed by atoms with E-state index < -0.39 is 0 Å². The van der Waals surface area contributed by atoms with Crippen LogP contribution in [0.3, 0.4) is 0 Å². The highest BCUT2D eigenvalue weighted by atomic mass is 16.2. The molecule has 0 radical (unpaired) electrons. The fourth-order valence-corrected chi connectivity index (χ4v) is 4.05. The molecule has 1 aromatic carbocycles. The van der Waals surface area contributed by atoms with Gasteiger partial charge in [0.05, 0.1) is 5.56 Å². The van der Waals surface area contributed by atoms with Gasteiger partial charge in [0.2, 0.25) is 5.91 Å². The maximum absolute atomic E-state index is 13.1. The molecule has 0 atom stereocenters. The molecule has 3 rings (SSSR count). The Balaban J connectivity index is 1.72. The van der Waals surface area contributed by atoms with Gasteiger partial charge in [0.1, 0.15) is 0 Å². The molecule has 0 unspecified atom stereocenters. The smallest absolute Gasteiger partial charge is 0.256 e. The van der Waals surface area contributed by atoms with Gasteiger partial charge in [-0.2, -0.15) is 0 Å². The molecule has 0 spiro atoms. The number of nitrogens with zero attached hydrogens (tertiary/aromatic N) is 2. The molecular formula is C22H33N3O2. The van der Waals surface area contributed by atoms with Crippen molar-refractivity contribution in [1.29, 1.82) is 0 Å². The van der Waals surface area contributed by atoms with Gasteiger partial charge in [-0.1, -0.05) is 26.2 Å². The Bertz CT molecular complexity index is 647. The number of carbonyl (C=O) groups is 2. The van der Waals surface area contributed by atoms with Gasteiger partial charge in [-0.05, 0) is 50.3 Å². The van der Waals surface area contributed by atoms with Crippen LogP contribution in [0.1, 0.15) is 75.1 Å². The second-order valence-electron chi connectivity index (χ2n) is 7.78. The predicted molar refractivity (Wildman–Crippen MR) is 110 cm³/mol. The van der Waals surface area contributed by atoms with Crippen molar-refractivity contribution in [3.05, 3.63) is 23.8 Å². The third-order valence-electron chi connectivity index (χ3n) is 5.61. The molecule has 148 valence electrons. The summed E-state index contributed by atoms with van der Waals surface area (Å²) in [5, 5.41) is 2.99. The summed E-state index contributed by atoms with van der Waals surface area (Å²) in [6, 6.07) is 5.85. The third kappa shape index (κ3) is 5.24. The van der Waals surface area contributed by atoms with Crippen LogP contribution in [-0.2, 0) is 4.79 Å². The molecule has 1 aromatic rings. The Morgan fingerprint density at radius 2 is 1.67 bits per heavy atom. The van der Waals surface area contributed by atoms with Crippen molar-refractivity contribution in [2.45, 2.75) is 64.7 Å². The van der Waals surface area contributed by atoms with Crippen LogP contribution in [-0.4, -0.2) is 42.9 Å². The van der Waals surface area contributed by atoms with Crippen LogP contribution < -0.4 is 10.2 Å². The average Bonchev–Trinajstić information content (AvgIpc) is 3.38. The van der Waals surface area contributed by atoms with Crippen LogP contribution in [0.15, 0.2) is 18.2 Å². The minimum absolute atomic E-state index is 0.0413. The van der Waals surface area contributed by atoms with Crippen molar-refractivity contribution in [2.75, 3.05) is 36.4 Å². The largest absolute Gasteiger partial charge is 0.371 e. The molecule has 5 heteroatoms. The highest BCUT2D eigenvalue weighted by molar-refractivity contribution is 6.02. The molecule has 0 aromatic heterocycles. The van der Waals surface area contributed by atoms with E-state index in [0.29, 0.717) is 6.42 Å². The number of anilines is 2. The van der Waals surface area contributed by atoms with Crippen LogP contribution in [0.5, 0.6) is 0 Å². The minimum Gasteiger partial charge on any atom is -0.371 e. The van der Waals surface area contributed by atoms with Crippen molar-refractivity contribution < 1.29 is 9.59 Å². The van der Waals surface area contributed by atoms with Gasteiger partial charge in [0, 0.05) is 44.0 Å². The first kappa shape index (κ1) is 19.7. The number of rotatable bonds is 8. The lowest BCUT2D eigenvalue weighted by Crippen LogP contribution is -2.30. The lowest BCUT2D eigenvalue weighted by Gasteiger charge is -2.24. The standard InChI is InChI=1S/C22H33N3O2/c1-2-3-4-5-10-21(26)23-18-11-12-20(24-13-6-7-14-24)19(17-18)22(27)25-15-8-9-16-25/h11-12,17H,2-10,13-16H2,1H3,(H,23,26). The van der Waals surface area contributed by atoms with Crippen molar-refractivity contribution in [2.24, 2.45) is 0 Å². The Labute approximate surface area is 163 Å². The summed E-state index contributed by atoms with van der Waals surface area (Å²) in [6.07, 6.45) is 9.41. The SMILES string of the molecule is CCCCCCC(=O)Nc1ccc(N2CCCC2)c(C(=O)N2CCCC2)c1. The first-order chi connectivity index (χ1) is 13.2. The number of hydrogen-bond acceptors (Lipinski definition) is 3.